The largest absolute Gasteiger partial charge is 0.477 e. The molecule has 3 aromatic rings. The monoisotopic (exact) mass is 265 g/mol. The van der Waals surface area contributed by atoms with Crippen LogP contribution in [-0.4, -0.2) is 25.8 Å². The first-order valence-electron chi connectivity index (χ1n) is 6.04. The topological polar surface area (TPSA) is 68.0 Å². The van der Waals surface area contributed by atoms with Crippen LogP contribution in [0.1, 0.15) is 10.5 Å². The number of aromatic carboxylic acids is 1. The molecular formula is C15H11N3O2. The molecule has 0 radical (unpaired) electrons. The molecule has 2 aromatic heterocycles. The molecule has 0 saturated heterocycles. The van der Waals surface area contributed by atoms with E-state index in [0.29, 0.717) is 0 Å². The molecule has 0 bridgehead atoms. The van der Waals surface area contributed by atoms with Gasteiger partial charge in [-0.15, -0.1) is 0 Å². The summed E-state index contributed by atoms with van der Waals surface area (Å²) in [6.45, 7) is 0. The molecule has 98 valence electrons. The Morgan fingerprint density at radius 3 is 2.45 bits per heavy atom. The SMILES string of the molecule is O=C(O)c1ccc(-c2cnn(-c3ccccc3)c2)cn1. The maximum Gasteiger partial charge on any atom is 0.354 e. The molecule has 3 rings (SSSR count). The predicted octanol–water partition coefficient (Wildman–Crippen LogP) is 2.63. The van der Waals surface area contributed by atoms with Crippen molar-refractivity contribution < 1.29 is 9.90 Å². The van der Waals surface area contributed by atoms with Gasteiger partial charge in [0.05, 0.1) is 11.9 Å². The molecule has 0 aliphatic rings. The minimum Gasteiger partial charge on any atom is -0.477 e. The van der Waals surface area contributed by atoms with E-state index in [1.54, 1.807) is 16.9 Å². The van der Waals surface area contributed by atoms with Crippen LogP contribution in [0, 0.1) is 0 Å². The number of nitrogens with zero attached hydrogens (tertiary/aromatic N) is 3. The Morgan fingerprint density at radius 2 is 1.80 bits per heavy atom. The van der Waals surface area contributed by atoms with Gasteiger partial charge >= 0.3 is 5.97 Å². The van der Waals surface area contributed by atoms with Gasteiger partial charge in [-0.25, -0.2) is 14.5 Å². The van der Waals surface area contributed by atoms with Gasteiger partial charge in [0.2, 0.25) is 0 Å². The third kappa shape index (κ3) is 2.29. The Kier molecular flexibility index (Phi) is 3.01. The average molecular weight is 265 g/mol. The van der Waals surface area contributed by atoms with Crippen LogP contribution in [0.15, 0.2) is 61.1 Å². The minimum atomic E-state index is -1.03. The molecule has 0 atom stereocenters. The molecule has 0 saturated carbocycles. The molecule has 0 spiro atoms. The summed E-state index contributed by atoms with van der Waals surface area (Å²) in [5.41, 5.74) is 2.72. The zero-order valence-corrected chi connectivity index (χ0v) is 10.5. The number of benzene rings is 1. The predicted molar refractivity (Wildman–Crippen MR) is 73.8 cm³/mol. The van der Waals surface area contributed by atoms with Gasteiger partial charge in [-0.3, -0.25) is 0 Å². The highest BCUT2D eigenvalue weighted by molar-refractivity contribution is 5.85. The first-order valence-corrected chi connectivity index (χ1v) is 6.04. The Hall–Kier alpha value is -2.95. The molecule has 0 aliphatic heterocycles. The lowest BCUT2D eigenvalue weighted by Crippen LogP contribution is -1.98. The number of hydrogen-bond acceptors (Lipinski definition) is 3. The molecule has 0 unspecified atom stereocenters. The van der Waals surface area contributed by atoms with E-state index in [0.717, 1.165) is 16.8 Å². The second kappa shape index (κ2) is 4.97. The second-order valence-electron chi connectivity index (χ2n) is 4.25. The summed E-state index contributed by atoms with van der Waals surface area (Å²) in [5.74, 6) is -1.03. The Labute approximate surface area is 115 Å². The van der Waals surface area contributed by atoms with Crippen LogP contribution < -0.4 is 0 Å². The van der Waals surface area contributed by atoms with Crippen molar-refractivity contribution in [1.82, 2.24) is 14.8 Å². The van der Waals surface area contributed by atoms with E-state index < -0.39 is 5.97 Å². The molecule has 0 amide bonds. The van der Waals surface area contributed by atoms with Crippen LogP contribution in [0.3, 0.4) is 0 Å². The van der Waals surface area contributed by atoms with Gasteiger partial charge in [0.25, 0.3) is 0 Å². The van der Waals surface area contributed by atoms with E-state index in [-0.39, 0.29) is 5.69 Å². The third-order valence-electron chi connectivity index (χ3n) is 2.92. The van der Waals surface area contributed by atoms with Crippen molar-refractivity contribution in [3.05, 3.63) is 66.7 Å². The lowest BCUT2D eigenvalue weighted by molar-refractivity contribution is 0.0690. The van der Waals surface area contributed by atoms with Crippen LogP contribution in [0.25, 0.3) is 16.8 Å². The highest BCUT2D eigenvalue weighted by Gasteiger charge is 2.07. The molecule has 5 heteroatoms. The molecule has 1 aromatic carbocycles. The van der Waals surface area contributed by atoms with Gasteiger partial charge in [0.1, 0.15) is 5.69 Å². The number of pyridine rings is 1. The Balaban J connectivity index is 1.92. The molecule has 5 nitrogen and oxygen atoms in total. The van der Waals surface area contributed by atoms with E-state index in [1.807, 2.05) is 36.5 Å². The standard InChI is InChI=1S/C15H11N3O2/c19-15(20)14-7-6-11(8-16-14)12-9-17-18(10-12)13-4-2-1-3-5-13/h1-10H,(H,19,20). The number of hydrogen-bond donors (Lipinski definition) is 1. The average Bonchev–Trinajstić information content (AvgIpc) is 2.98. The minimum absolute atomic E-state index is 0.0317. The van der Waals surface area contributed by atoms with Crippen molar-refractivity contribution in [2.45, 2.75) is 0 Å². The van der Waals surface area contributed by atoms with Crippen molar-refractivity contribution in [3.8, 4) is 16.8 Å². The van der Waals surface area contributed by atoms with Gasteiger partial charge in [-0.2, -0.15) is 5.10 Å². The van der Waals surface area contributed by atoms with Gasteiger partial charge in [-0.05, 0) is 18.2 Å². The number of carboxylic acids is 1. The summed E-state index contributed by atoms with van der Waals surface area (Å²) < 4.78 is 1.76. The molecule has 2 heterocycles. The normalized spacial score (nSPS) is 10.4. The van der Waals surface area contributed by atoms with Gasteiger partial charge in [0, 0.05) is 23.5 Å². The van der Waals surface area contributed by atoms with E-state index in [4.69, 9.17) is 5.11 Å². The molecule has 0 fully saturated rings. The zero-order chi connectivity index (χ0) is 13.9. The van der Waals surface area contributed by atoms with E-state index in [9.17, 15) is 4.79 Å². The van der Waals surface area contributed by atoms with Crippen molar-refractivity contribution in [2.24, 2.45) is 0 Å². The highest BCUT2D eigenvalue weighted by Crippen LogP contribution is 2.19. The first-order chi connectivity index (χ1) is 9.74. The first kappa shape index (κ1) is 12.1. The fourth-order valence-electron chi connectivity index (χ4n) is 1.88. The fraction of sp³-hybridized carbons (Fsp3) is 0. The van der Waals surface area contributed by atoms with E-state index >= 15 is 0 Å². The summed E-state index contributed by atoms with van der Waals surface area (Å²) in [6.07, 6.45) is 5.15. The Bertz CT molecular complexity index is 733. The van der Waals surface area contributed by atoms with Gasteiger partial charge in [0.15, 0.2) is 0 Å². The summed E-state index contributed by atoms with van der Waals surface area (Å²) in [6, 6.07) is 13.0. The summed E-state index contributed by atoms with van der Waals surface area (Å²) in [4.78, 5) is 14.7. The van der Waals surface area contributed by atoms with Gasteiger partial charge < -0.3 is 5.11 Å². The smallest absolute Gasteiger partial charge is 0.354 e. The maximum atomic E-state index is 10.8. The molecule has 1 N–H and O–H groups in total. The van der Waals surface area contributed by atoms with Crippen LogP contribution in [0.5, 0.6) is 0 Å². The lowest BCUT2D eigenvalue weighted by Gasteiger charge is -2.00. The van der Waals surface area contributed by atoms with Gasteiger partial charge in [-0.1, -0.05) is 24.3 Å². The van der Waals surface area contributed by atoms with Crippen LogP contribution in [0.2, 0.25) is 0 Å². The second-order valence-corrected chi connectivity index (χ2v) is 4.25. The van der Waals surface area contributed by atoms with Crippen molar-refractivity contribution in [1.29, 1.82) is 0 Å². The van der Waals surface area contributed by atoms with Crippen molar-refractivity contribution in [3.63, 3.8) is 0 Å². The number of para-hydroxylation sites is 1. The van der Waals surface area contributed by atoms with E-state index in [1.165, 1.54) is 12.3 Å². The van der Waals surface area contributed by atoms with Crippen LogP contribution in [0.4, 0.5) is 0 Å². The van der Waals surface area contributed by atoms with Crippen LogP contribution in [-0.2, 0) is 0 Å². The number of aromatic nitrogens is 3. The molecule has 20 heavy (non-hydrogen) atoms. The summed E-state index contributed by atoms with van der Waals surface area (Å²) >= 11 is 0. The quantitative estimate of drug-likeness (QED) is 0.790. The lowest BCUT2D eigenvalue weighted by atomic mass is 10.1. The summed E-state index contributed by atoms with van der Waals surface area (Å²) in [7, 11) is 0. The fourth-order valence-corrected chi connectivity index (χ4v) is 1.88. The number of carboxylic acid groups (broad SMARTS) is 1. The molecule has 0 aliphatic carbocycles. The van der Waals surface area contributed by atoms with Crippen molar-refractivity contribution in [2.75, 3.05) is 0 Å². The molecular weight excluding hydrogens is 254 g/mol. The van der Waals surface area contributed by atoms with Crippen molar-refractivity contribution >= 4 is 5.97 Å². The summed E-state index contributed by atoms with van der Waals surface area (Å²) in [5, 5.41) is 13.1. The Morgan fingerprint density at radius 1 is 1.00 bits per heavy atom. The highest BCUT2D eigenvalue weighted by atomic mass is 16.4. The number of carbonyl (C=O) groups is 1. The van der Waals surface area contributed by atoms with E-state index in [2.05, 4.69) is 10.1 Å². The third-order valence-corrected chi connectivity index (χ3v) is 2.92. The number of rotatable bonds is 3. The maximum absolute atomic E-state index is 10.8. The zero-order valence-electron chi connectivity index (χ0n) is 10.5. The van der Waals surface area contributed by atoms with Crippen LogP contribution >= 0.6 is 0 Å².